The van der Waals surface area contributed by atoms with Gasteiger partial charge < -0.3 is 4.57 Å². The minimum Gasteiger partial charge on any atom is -0.326 e. The van der Waals surface area contributed by atoms with Crippen molar-refractivity contribution in [1.82, 2.24) is 29.5 Å². The second-order valence-corrected chi connectivity index (χ2v) is 9.84. The summed E-state index contributed by atoms with van der Waals surface area (Å²) in [5, 5.41) is 0.327. The number of alkyl halides is 3. The van der Waals surface area contributed by atoms with Gasteiger partial charge in [0, 0.05) is 43.0 Å². The summed E-state index contributed by atoms with van der Waals surface area (Å²) in [4.78, 5) is 20.2. The summed E-state index contributed by atoms with van der Waals surface area (Å²) in [6.45, 7) is 1.50. The Kier molecular flexibility index (Phi) is 6.13. The van der Waals surface area contributed by atoms with Crippen molar-refractivity contribution in [3.8, 4) is 34.2 Å². The van der Waals surface area contributed by atoms with Gasteiger partial charge >= 0.3 is 6.18 Å². The Hall–Kier alpha value is -3.38. The Balaban J connectivity index is 1.82. The van der Waals surface area contributed by atoms with E-state index in [-0.39, 0.29) is 28.0 Å². The molecule has 0 aromatic carbocycles. The molecule has 34 heavy (non-hydrogen) atoms. The summed E-state index contributed by atoms with van der Waals surface area (Å²) < 4.78 is 65.8. The number of imidazole rings is 1. The summed E-state index contributed by atoms with van der Waals surface area (Å²) in [6, 6.07) is 3.56. The van der Waals surface area contributed by atoms with Gasteiger partial charge in [0.25, 0.3) is 0 Å². The standard InChI is InChI=1S/C21H16ClF3N6O2S/c1-3-34(32,33)16-6-13(19-28-9-14(22)10-29-19)8-27-18(16)20-30-11-15(31(20)2)12-4-5-17(26-7-12)21(23,24)25/h4-11H,3H2,1-2H3. The number of nitrogens with zero attached hydrogens (tertiary/aromatic N) is 6. The molecule has 0 atom stereocenters. The minimum absolute atomic E-state index is 0.0724. The zero-order chi connectivity index (χ0) is 24.7. The molecule has 0 saturated heterocycles. The molecule has 0 aliphatic rings. The van der Waals surface area contributed by atoms with Crippen LogP contribution in [-0.4, -0.2) is 43.7 Å². The number of aromatic nitrogens is 6. The average Bonchev–Trinajstić information content (AvgIpc) is 3.19. The first-order valence-corrected chi connectivity index (χ1v) is 11.8. The highest BCUT2D eigenvalue weighted by Gasteiger charge is 2.32. The van der Waals surface area contributed by atoms with Gasteiger partial charge in [-0.1, -0.05) is 18.5 Å². The topological polar surface area (TPSA) is 104 Å². The Bertz CT molecular complexity index is 1450. The zero-order valence-electron chi connectivity index (χ0n) is 17.7. The van der Waals surface area contributed by atoms with E-state index in [2.05, 4.69) is 24.9 Å². The van der Waals surface area contributed by atoms with Crippen molar-refractivity contribution in [2.75, 3.05) is 5.75 Å². The van der Waals surface area contributed by atoms with Crippen LogP contribution >= 0.6 is 11.6 Å². The Labute approximate surface area is 197 Å². The molecule has 13 heteroatoms. The van der Waals surface area contributed by atoms with E-state index in [1.165, 1.54) is 43.8 Å². The van der Waals surface area contributed by atoms with E-state index >= 15 is 0 Å². The van der Waals surface area contributed by atoms with Crippen LogP contribution in [0.2, 0.25) is 5.02 Å². The average molecular weight is 509 g/mol. The van der Waals surface area contributed by atoms with Crippen LogP contribution in [0.1, 0.15) is 12.6 Å². The fourth-order valence-corrected chi connectivity index (χ4v) is 4.35. The van der Waals surface area contributed by atoms with Crippen molar-refractivity contribution in [2.24, 2.45) is 7.05 Å². The third kappa shape index (κ3) is 4.50. The number of sulfone groups is 1. The molecule has 0 bridgehead atoms. The van der Waals surface area contributed by atoms with Crippen LogP contribution in [0.25, 0.3) is 34.2 Å². The van der Waals surface area contributed by atoms with Gasteiger partial charge in [0.1, 0.15) is 11.4 Å². The van der Waals surface area contributed by atoms with Crippen LogP contribution in [0.5, 0.6) is 0 Å². The molecule has 4 heterocycles. The first-order valence-electron chi connectivity index (χ1n) is 9.77. The van der Waals surface area contributed by atoms with Gasteiger partial charge in [-0.05, 0) is 18.2 Å². The molecule has 0 N–H and O–H groups in total. The number of halogens is 4. The van der Waals surface area contributed by atoms with Crippen molar-refractivity contribution in [3.05, 3.63) is 59.9 Å². The molecule has 4 aromatic heterocycles. The molecule has 0 radical (unpaired) electrons. The van der Waals surface area contributed by atoms with E-state index in [4.69, 9.17) is 11.6 Å². The van der Waals surface area contributed by atoms with Gasteiger partial charge in [-0.3, -0.25) is 9.97 Å². The molecule has 176 valence electrons. The molecular weight excluding hydrogens is 493 g/mol. The Morgan fingerprint density at radius 2 is 1.62 bits per heavy atom. The quantitative estimate of drug-likeness (QED) is 0.392. The van der Waals surface area contributed by atoms with Crippen molar-refractivity contribution >= 4 is 21.4 Å². The van der Waals surface area contributed by atoms with Crippen LogP contribution < -0.4 is 0 Å². The zero-order valence-corrected chi connectivity index (χ0v) is 19.3. The molecule has 4 aromatic rings. The smallest absolute Gasteiger partial charge is 0.326 e. The molecule has 0 unspecified atom stereocenters. The molecule has 0 amide bonds. The lowest BCUT2D eigenvalue weighted by Crippen LogP contribution is -2.10. The number of hydrogen-bond donors (Lipinski definition) is 0. The molecule has 0 aliphatic carbocycles. The molecule has 0 fully saturated rings. The van der Waals surface area contributed by atoms with Gasteiger partial charge in [0.15, 0.2) is 21.5 Å². The Morgan fingerprint density at radius 3 is 2.21 bits per heavy atom. The van der Waals surface area contributed by atoms with E-state index in [0.717, 1.165) is 12.3 Å². The number of pyridine rings is 2. The summed E-state index contributed by atoms with van der Waals surface area (Å²) >= 11 is 5.82. The van der Waals surface area contributed by atoms with Crippen LogP contribution in [0.3, 0.4) is 0 Å². The largest absolute Gasteiger partial charge is 0.433 e. The molecular formula is C21H16ClF3N6O2S. The summed E-state index contributed by atoms with van der Waals surface area (Å²) in [5.74, 6) is 0.269. The minimum atomic E-state index is -4.56. The van der Waals surface area contributed by atoms with E-state index in [1.807, 2.05) is 0 Å². The SMILES string of the molecule is CCS(=O)(=O)c1cc(-c2ncc(Cl)cn2)cnc1-c1ncc(-c2ccc(C(F)(F)F)nc2)n1C. The second kappa shape index (κ2) is 8.76. The van der Waals surface area contributed by atoms with Gasteiger partial charge in [0.05, 0.1) is 27.6 Å². The van der Waals surface area contributed by atoms with E-state index in [1.54, 1.807) is 11.6 Å². The molecule has 0 aliphatic heterocycles. The first kappa shape index (κ1) is 23.8. The lowest BCUT2D eigenvalue weighted by molar-refractivity contribution is -0.141. The van der Waals surface area contributed by atoms with Crippen molar-refractivity contribution < 1.29 is 21.6 Å². The number of rotatable bonds is 5. The predicted molar refractivity (Wildman–Crippen MR) is 118 cm³/mol. The fraction of sp³-hybridized carbons (Fsp3) is 0.190. The third-order valence-corrected chi connectivity index (χ3v) is 6.93. The van der Waals surface area contributed by atoms with Crippen molar-refractivity contribution in [2.45, 2.75) is 18.0 Å². The van der Waals surface area contributed by atoms with Crippen LogP contribution in [-0.2, 0) is 23.1 Å². The van der Waals surface area contributed by atoms with Crippen molar-refractivity contribution in [3.63, 3.8) is 0 Å². The maximum Gasteiger partial charge on any atom is 0.433 e. The van der Waals surface area contributed by atoms with Gasteiger partial charge in [0.2, 0.25) is 0 Å². The highest BCUT2D eigenvalue weighted by atomic mass is 35.5. The normalized spacial score (nSPS) is 12.2. The summed E-state index contributed by atoms with van der Waals surface area (Å²) in [5.41, 5.74) is 0.252. The highest BCUT2D eigenvalue weighted by Crippen LogP contribution is 2.32. The lowest BCUT2D eigenvalue weighted by Gasteiger charge is -2.12. The van der Waals surface area contributed by atoms with Gasteiger partial charge in [-0.15, -0.1) is 0 Å². The predicted octanol–water partition coefficient (Wildman–Crippen LogP) is 4.47. The maximum absolute atomic E-state index is 12.9. The first-order chi connectivity index (χ1) is 16.0. The molecule has 0 saturated carbocycles. The second-order valence-electron chi connectivity index (χ2n) is 7.15. The van der Waals surface area contributed by atoms with Crippen LogP contribution in [0.4, 0.5) is 13.2 Å². The fourth-order valence-electron chi connectivity index (χ4n) is 3.20. The third-order valence-electron chi connectivity index (χ3n) is 5.00. The number of hydrogen-bond acceptors (Lipinski definition) is 7. The molecule has 8 nitrogen and oxygen atoms in total. The van der Waals surface area contributed by atoms with Crippen LogP contribution in [0.15, 0.2) is 54.1 Å². The Morgan fingerprint density at radius 1 is 0.941 bits per heavy atom. The monoisotopic (exact) mass is 508 g/mol. The lowest BCUT2D eigenvalue weighted by atomic mass is 10.2. The molecule has 4 rings (SSSR count). The maximum atomic E-state index is 12.9. The van der Waals surface area contributed by atoms with Gasteiger partial charge in [-0.25, -0.2) is 23.4 Å². The van der Waals surface area contributed by atoms with E-state index in [0.29, 0.717) is 21.8 Å². The highest BCUT2D eigenvalue weighted by molar-refractivity contribution is 7.91. The van der Waals surface area contributed by atoms with Gasteiger partial charge in [-0.2, -0.15) is 13.2 Å². The molecule has 0 spiro atoms. The van der Waals surface area contributed by atoms with E-state index in [9.17, 15) is 21.6 Å². The van der Waals surface area contributed by atoms with Crippen molar-refractivity contribution in [1.29, 1.82) is 0 Å². The summed E-state index contributed by atoms with van der Waals surface area (Å²) in [6.07, 6.45) is 2.13. The van der Waals surface area contributed by atoms with E-state index < -0.39 is 21.7 Å². The summed E-state index contributed by atoms with van der Waals surface area (Å²) in [7, 11) is -2.14. The van der Waals surface area contributed by atoms with Crippen LogP contribution in [0, 0.1) is 0 Å².